The number of hydrogen-bond donors (Lipinski definition) is 1. The lowest BCUT2D eigenvalue weighted by Crippen LogP contribution is -2.47. The summed E-state index contributed by atoms with van der Waals surface area (Å²) in [7, 11) is 0. The Morgan fingerprint density at radius 3 is 2.48 bits per heavy atom. The van der Waals surface area contributed by atoms with Gasteiger partial charge in [0.15, 0.2) is 0 Å². The van der Waals surface area contributed by atoms with Gasteiger partial charge >= 0.3 is 0 Å². The van der Waals surface area contributed by atoms with Crippen molar-refractivity contribution >= 4 is 10.8 Å². The highest BCUT2D eigenvalue weighted by atomic mass is 16.5. The smallest absolute Gasteiger partial charge is 0.0469 e. The van der Waals surface area contributed by atoms with Gasteiger partial charge in [-0.15, -0.1) is 0 Å². The number of ether oxygens (including phenoxy) is 1. The van der Waals surface area contributed by atoms with Crippen molar-refractivity contribution in [2.45, 2.75) is 18.9 Å². The van der Waals surface area contributed by atoms with Gasteiger partial charge in [-0.1, -0.05) is 36.4 Å². The Bertz CT molecular complexity index is 627. The van der Waals surface area contributed by atoms with Gasteiger partial charge in [0.25, 0.3) is 0 Å². The van der Waals surface area contributed by atoms with E-state index >= 15 is 0 Å². The van der Waals surface area contributed by atoms with E-state index in [0.717, 1.165) is 39.4 Å². The van der Waals surface area contributed by atoms with Crippen LogP contribution >= 0.6 is 0 Å². The molecule has 4 rings (SSSR count). The Labute approximate surface area is 138 Å². The molecule has 2 saturated heterocycles. The van der Waals surface area contributed by atoms with Crippen LogP contribution in [0.5, 0.6) is 0 Å². The molecule has 0 radical (unpaired) electrons. The molecule has 2 aliphatic rings. The van der Waals surface area contributed by atoms with Crippen LogP contribution in [0, 0.1) is 5.92 Å². The molecule has 2 fully saturated rings. The summed E-state index contributed by atoms with van der Waals surface area (Å²) in [4.78, 5) is 2.69. The van der Waals surface area contributed by atoms with Crippen molar-refractivity contribution in [2.75, 3.05) is 39.4 Å². The van der Waals surface area contributed by atoms with E-state index in [-0.39, 0.29) is 0 Å². The normalized spacial score (nSPS) is 22.3. The number of nitrogens with one attached hydrogen (secondary N) is 1. The molecule has 0 saturated carbocycles. The standard InChI is InChI=1S/C20H26N2O/c1-2-4-18-15-19(6-5-16(18)3-1)20(17-7-13-23-14-8-17)22-11-9-21-10-12-22/h1-6,15,17,20-21H,7-14H2/t20-/m1/s1. The molecule has 0 amide bonds. The second kappa shape index (κ2) is 7.00. The molecule has 0 bridgehead atoms. The summed E-state index contributed by atoms with van der Waals surface area (Å²) in [5.74, 6) is 0.711. The summed E-state index contributed by atoms with van der Waals surface area (Å²) in [6.07, 6.45) is 2.36. The monoisotopic (exact) mass is 310 g/mol. The first-order valence-corrected chi connectivity index (χ1v) is 8.93. The van der Waals surface area contributed by atoms with Gasteiger partial charge < -0.3 is 10.1 Å². The Morgan fingerprint density at radius 2 is 1.70 bits per heavy atom. The zero-order valence-electron chi connectivity index (χ0n) is 13.7. The zero-order valence-corrected chi connectivity index (χ0v) is 13.7. The van der Waals surface area contributed by atoms with Crippen LogP contribution in [-0.4, -0.2) is 44.3 Å². The number of nitrogens with zero attached hydrogens (tertiary/aromatic N) is 1. The molecule has 2 aromatic rings. The van der Waals surface area contributed by atoms with Crippen LogP contribution in [0.2, 0.25) is 0 Å². The molecule has 2 aliphatic heterocycles. The molecule has 3 nitrogen and oxygen atoms in total. The van der Waals surface area contributed by atoms with Gasteiger partial charge in [-0.05, 0) is 41.2 Å². The van der Waals surface area contributed by atoms with Crippen molar-refractivity contribution in [1.29, 1.82) is 0 Å². The Balaban J connectivity index is 1.69. The molecule has 1 N–H and O–H groups in total. The summed E-state index contributed by atoms with van der Waals surface area (Å²) in [6, 6.07) is 16.3. The van der Waals surface area contributed by atoms with Gasteiger partial charge in [0.05, 0.1) is 0 Å². The fourth-order valence-corrected chi connectivity index (χ4v) is 4.16. The number of rotatable bonds is 3. The maximum Gasteiger partial charge on any atom is 0.0469 e. The Kier molecular flexibility index (Phi) is 4.60. The predicted molar refractivity (Wildman–Crippen MR) is 94.7 cm³/mol. The second-order valence-electron chi connectivity index (χ2n) is 6.79. The average Bonchev–Trinajstić information content (AvgIpc) is 2.64. The van der Waals surface area contributed by atoms with Gasteiger partial charge in [-0.25, -0.2) is 0 Å². The van der Waals surface area contributed by atoms with Crippen LogP contribution in [0.15, 0.2) is 42.5 Å². The summed E-state index contributed by atoms with van der Waals surface area (Å²) in [6.45, 7) is 6.34. The molecule has 0 spiro atoms. The molecule has 0 aliphatic carbocycles. The van der Waals surface area contributed by atoms with Crippen molar-refractivity contribution in [2.24, 2.45) is 5.92 Å². The Hall–Kier alpha value is -1.42. The van der Waals surface area contributed by atoms with Crippen molar-refractivity contribution in [3.05, 3.63) is 48.0 Å². The van der Waals surface area contributed by atoms with E-state index in [9.17, 15) is 0 Å². The molecular formula is C20H26N2O. The van der Waals surface area contributed by atoms with Crippen LogP contribution in [0.1, 0.15) is 24.4 Å². The quantitative estimate of drug-likeness (QED) is 0.942. The lowest BCUT2D eigenvalue weighted by Gasteiger charge is -2.41. The number of piperazine rings is 1. The van der Waals surface area contributed by atoms with Crippen molar-refractivity contribution in [1.82, 2.24) is 10.2 Å². The third-order valence-corrected chi connectivity index (χ3v) is 5.37. The predicted octanol–water partition coefficient (Wildman–Crippen LogP) is 3.21. The van der Waals surface area contributed by atoms with Gasteiger partial charge in [0.1, 0.15) is 0 Å². The molecule has 23 heavy (non-hydrogen) atoms. The van der Waals surface area contributed by atoms with Crippen LogP contribution in [0.3, 0.4) is 0 Å². The van der Waals surface area contributed by atoms with E-state index in [1.165, 1.54) is 29.2 Å². The molecule has 3 heteroatoms. The molecule has 0 aromatic heterocycles. The van der Waals surface area contributed by atoms with Crippen LogP contribution in [0.25, 0.3) is 10.8 Å². The highest BCUT2D eigenvalue weighted by Crippen LogP contribution is 2.36. The van der Waals surface area contributed by atoms with Crippen LogP contribution in [0.4, 0.5) is 0 Å². The summed E-state index contributed by atoms with van der Waals surface area (Å²) < 4.78 is 5.61. The van der Waals surface area contributed by atoms with Crippen LogP contribution < -0.4 is 5.32 Å². The zero-order chi connectivity index (χ0) is 15.5. The minimum Gasteiger partial charge on any atom is -0.381 e. The van der Waals surface area contributed by atoms with E-state index in [4.69, 9.17) is 4.74 Å². The lowest BCUT2D eigenvalue weighted by molar-refractivity contribution is 0.0213. The first-order valence-electron chi connectivity index (χ1n) is 8.93. The third kappa shape index (κ3) is 3.27. The van der Waals surface area contributed by atoms with E-state index in [0.29, 0.717) is 12.0 Å². The highest BCUT2D eigenvalue weighted by Gasteiger charge is 2.31. The maximum atomic E-state index is 5.61. The van der Waals surface area contributed by atoms with Crippen molar-refractivity contribution in [3.63, 3.8) is 0 Å². The third-order valence-electron chi connectivity index (χ3n) is 5.37. The largest absolute Gasteiger partial charge is 0.381 e. The summed E-state index contributed by atoms with van der Waals surface area (Å²) in [5, 5.41) is 6.18. The SMILES string of the molecule is c1ccc2cc([C@@H](C3CCOCC3)N3CCNCC3)ccc2c1. The van der Waals surface area contributed by atoms with E-state index in [2.05, 4.69) is 52.7 Å². The number of benzene rings is 2. The number of hydrogen-bond acceptors (Lipinski definition) is 3. The van der Waals surface area contributed by atoms with Gasteiger partial charge in [0, 0.05) is 45.4 Å². The fraction of sp³-hybridized carbons (Fsp3) is 0.500. The second-order valence-corrected chi connectivity index (χ2v) is 6.79. The average molecular weight is 310 g/mol. The van der Waals surface area contributed by atoms with E-state index in [1.54, 1.807) is 0 Å². The molecule has 122 valence electrons. The summed E-state index contributed by atoms with van der Waals surface area (Å²) in [5.41, 5.74) is 1.48. The fourth-order valence-electron chi connectivity index (χ4n) is 4.16. The molecular weight excluding hydrogens is 284 g/mol. The van der Waals surface area contributed by atoms with Gasteiger partial charge in [0.2, 0.25) is 0 Å². The first kappa shape index (κ1) is 15.1. The van der Waals surface area contributed by atoms with Gasteiger partial charge in [-0.2, -0.15) is 0 Å². The van der Waals surface area contributed by atoms with Crippen molar-refractivity contribution < 1.29 is 4.74 Å². The molecule has 0 unspecified atom stereocenters. The van der Waals surface area contributed by atoms with Crippen molar-refractivity contribution in [3.8, 4) is 0 Å². The molecule has 1 atom stereocenters. The maximum absolute atomic E-state index is 5.61. The molecule has 2 heterocycles. The lowest BCUT2D eigenvalue weighted by atomic mass is 9.85. The van der Waals surface area contributed by atoms with Gasteiger partial charge in [-0.3, -0.25) is 4.90 Å². The highest BCUT2D eigenvalue weighted by molar-refractivity contribution is 5.83. The van der Waals surface area contributed by atoms with E-state index in [1.807, 2.05) is 0 Å². The van der Waals surface area contributed by atoms with Crippen LogP contribution in [-0.2, 0) is 4.74 Å². The topological polar surface area (TPSA) is 24.5 Å². The first-order chi connectivity index (χ1) is 11.4. The minimum absolute atomic E-state index is 0.533. The molecule has 2 aromatic carbocycles. The summed E-state index contributed by atoms with van der Waals surface area (Å²) >= 11 is 0. The van der Waals surface area contributed by atoms with E-state index < -0.39 is 0 Å². The Morgan fingerprint density at radius 1 is 0.957 bits per heavy atom. The minimum atomic E-state index is 0.533. The number of fused-ring (bicyclic) bond motifs is 1.